The van der Waals surface area contributed by atoms with Gasteiger partial charge in [0.1, 0.15) is 0 Å². The van der Waals surface area contributed by atoms with E-state index in [1.165, 1.54) is 25.5 Å². The average Bonchev–Trinajstić information content (AvgIpc) is 2.74. The van der Waals surface area contributed by atoms with Crippen LogP contribution in [0.3, 0.4) is 0 Å². The molecule has 4 aliphatic rings. The molecule has 168 valence electrons. The van der Waals surface area contributed by atoms with Crippen LogP contribution < -0.4 is 21.3 Å². The lowest BCUT2D eigenvalue weighted by Gasteiger charge is -2.56. The Kier molecular flexibility index (Phi) is 5.27. The molecule has 0 saturated heterocycles. The molecule has 4 saturated carbocycles. The Morgan fingerprint density at radius 3 is 2.28 bits per heavy atom. The first-order chi connectivity index (χ1) is 15.4. The molecule has 4 aliphatic carbocycles. The van der Waals surface area contributed by atoms with Crippen LogP contribution in [0.5, 0.6) is 0 Å². The third-order valence-corrected chi connectivity index (χ3v) is 7.44. The predicted octanol–water partition coefficient (Wildman–Crippen LogP) is 4.58. The molecule has 1 aromatic carbocycles. The molecule has 0 aliphatic heterocycles. The van der Waals surface area contributed by atoms with E-state index >= 15 is 0 Å². The molecular weight excluding hydrogens is 402 g/mol. The lowest BCUT2D eigenvalue weighted by atomic mass is 9.53. The molecular formula is C25H31N5O2. The van der Waals surface area contributed by atoms with E-state index in [1.807, 2.05) is 31.2 Å². The van der Waals surface area contributed by atoms with E-state index in [1.54, 1.807) is 13.1 Å². The molecule has 3 amide bonds. The fraction of sp³-hybridized carbons (Fsp3) is 0.480. The molecule has 4 fully saturated rings. The number of carbonyl (C=O) groups is 2. The monoisotopic (exact) mass is 433 g/mol. The predicted molar refractivity (Wildman–Crippen MR) is 125 cm³/mol. The highest BCUT2D eigenvalue weighted by molar-refractivity contribution is 5.99. The summed E-state index contributed by atoms with van der Waals surface area (Å²) in [6, 6.07) is 9.33. The zero-order valence-corrected chi connectivity index (χ0v) is 18.7. The molecule has 1 heterocycles. The lowest BCUT2D eigenvalue weighted by Crippen LogP contribution is -2.60. The summed E-state index contributed by atoms with van der Waals surface area (Å²) < 4.78 is 0. The van der Waals surface area contributed by atoms with Crippen LogP contribution in [0.25, 0.3) is 0 Å². The van der Waals surface area contributed by atoms with Crippen molar-refractivity contribution in [2.45, 2.75) is 51.0 Å². The van der Waals surface area contributed by atoms with Gasteiger partial charge in [-0.15, -0.1) is 0 Å². The fourth-order valence-corrected chi connectivity index (χ4v) is 6.43. The van der Waals surface area contributed by atoms with Crippen molar-refractivity contribution in [1.29, 1.82) is 0 Å². The van der Waals surface area contributed by atoms with Gasteiger partial charge in [0, 0.05) is 24.5 Å². The summed E-state index contributed by atoms with van der Waals surface area (Å²) in [5.41, 5.74) is 2.75. The van der Waals surface area contributed by atoms with Crippen molar-refractivity contribution < 1.29 is 9.59 Å². The summed E-state index contributed by atoms with van der Waals surface area (Å²) in [6.45, 7) is 2.01. The highest BCUT2D eigenvalue weighted by atomic mass is 16.2. The van der Waals surface area contributed by atoms with Crippen LogP contribution in [-0.2, 0) is 0 Å². The van der Waals surface area contributed by atoms with E-state index in [-0.39, 0.29) is 17.5 Å². The standard InChI is InChI=1S/C25H31N5O2/c1-15-5-3-4-6-20(15)28-22-21(10-19(14-27-22)23(31)26-2)29-24(32)30-25-11-16-7-17(12-25)9-18(8-16)13-25/h3-6,10,14,16-18H,7-9,11-13H2,1-2H3,(H,26,31)(H,27,28)(H2,29,30,32). The zero-order valence-electron chi connectivity index (χ0n) is 18.7. The van der Waals surface area contributed by atoms with E-state index in [2.05, 4.69) is 26.3 Å². The molecule has 7 nitrogen and oxygen atoms in total. The minimum Gasteiger partial charge on any atom is -0.355 e. The molecule has 2 aromatic rings. The Hall–Kier alpha value is -3.09. The molecule has 4 N–H and O–H groups in total. The van der Waals surface area contributed by atoms with Gasteiger partial charge in [-0.1, -0.05) is 18.2 Å². The number of anilines is 3. The molecule has 32 heavy (non-hydrogen) atoms. The number of carbonyl (C=O) groups excluding carboxylic acids is 2. The van der Waals surface area contributed by atoms with Gasteiger partial charge in [-0.25, -0.2) is 9.78 Å². The first-order valence-electron chi connectivity index (χ1n) is 11.6. The van der Waals surface area contributed by atoms with Crippen LogP contribution in [0.1, 0.15) is 54.4 Å². The summed E-state index contributed by atoms with van der Waals surface area (Å²) in [5, 5.41) is 12.2. The number of aryl methyl sites for hydroxylation is 1. The number of hydrogen-bond donors (Lipinski definition) is 4. The van der Waals surface area contributed by atoms with Gasteiger partial charge in [0.2, 0.25) is 0 Å². The SMILES string of the molecule is CNC(=O)c1cnc(Nc2ccccc2C)c(NC(=O)NC23CC4CC(CC(C4)C2)C3)c1. The second-order valence-corrected chi connectivity index (χ2v) is 9.92. The van der Waals surface area contributed by atoms with E-state index < -0.39 is 0 Å². The third kappa shape index (κ3) is 4.04. The van der Waals surface area contributed by atoms with Crippen molar-refractivity contribution in [3.63, 3.8) is 0 Å². The highest BCUT2D eigenvalue weighted by Crippen LogP contribution is 2.55. The van der Waals surface area contributed by atoms with Crippen molar-refractivity contribution in [3.8, 4) is 0 Å². The van der Waals surface area contributed by atoms with Crippen LogP contribution in [0.2, 0.25) is 0 Å². The van der Waals surface area contributed by atoms with Crippen LogP contribution in [0.15, 0.2) is 36.5 Å². The van der Waals surface area contributed by atoms with Gasteiger partial charge >= 0.3 is 6.03 Å². The zero-order chi connectivity index (χ0) is 22.3. The molecule has 0 radical (unpaired) electrons. The van der Waals surface area contributed by atoms with Gasteiger partial charge in [0.05, 0.1) is 11.3 Å². The highest BCUT2D eigenvalue weighted by Gasteiger charge is 2.51. The van der Waals surface area contributed by atoms with Crippen LogP contribution >= 0.6 is 0 Å². The summed E-state index contributed by atoms with van der Waals surface area (Å²) >= 11 is 0. The van der Waals surface area contributed by atoms with Gasteiger partial charge in [0.15, 0.2) is 5.82 Å². The Morgan fingerprint density at radius 1 is 1.00 bits per heavy atom. The Labute approximate surface area is 188 Å². The number of rotatable bonds is 5. The molecule has 6 rings (SSSR count). The number of aromatic nitrogens is 1. The number of para-hydroxylation sites is 1. The number of benzene rings is 1. The summed E-state index contributed by atoms with van der Waals surface area (Å²) in [4.78, 5) is 29.8. The molecule has 0 unspecified atom stereocenters. The maximum atomic E-state index is 13.1. The number of hydrogen-bond acceptors (Lipinski definition) is 4. The van der Waals surface area contributed by atoms with Crippen LogP contribution in [0, 0.1) is 24.7 Å². The molecule has 4 bridgehead atoms. The van der Waals surface area contributed by atoms with Crippen LogP contribution in [-0.4, -0.2) is 29.5 Å². The first-order valence-corrected chi connectivity index (χ1v) is 11.6. The minimum atomic E-state index is -0.246. The average molecular weight is 434 g/mol. The van der Waals surface area contributed by atoms with Crippen LogP contribution in [0.4, 0.5) is 22.0 Å². The third-order valence-electron chi connectivity index (χ3n) is 7.44. The van der Waals surface area contributed by atoms with Gasteiger partial charge in [-0.05, 0) is 80.9 Å². The second kappa shape index (κ2) is 8.11. The number of nitrogens with one attached hydrogen (secondary N) is 4. The van der Waals surface area contributed by atoms with Gasteiger partial charge < -0.3 is 21.3 Å². The Bertz CT molecular complexity index is 1020. The first kappa shape index (κ1) is 20.8. The van der Waals surface area contributed by atoms with E-state index in [9.17, 15) is 9.59 Å². The molecule has 7 heteroatoms. The number of amides is 3. The minimum absolute atomic E-state index is 0.0890. The smallest absolute Gasteiger partial charge is 0.319 e. The van der Waals surface area contributed by atoms with Crippen molar-refractivity contribution >= 4 is 29.1 Å². The quantitative estimate of drug-likeness (QED) is 0.555. The summed E-state index contributed by atoms with van der Waals surface area (Å²) in [7, 11) is 1.58. The molecule has 1 aromatic heterocycles. The topological polar surface area (TPSA) is 95.2 Å². The Morgan fingerprint density at radius 2 is 1.66 bits per heavy atom. The second-order valence-electron chi connectivity index (χ2n) is 9.92. The maximum absolute atomic E-state index is 13.1. The maximum Gasteiger partial charge on any atom is 0.319 e. The number of urea groups is 1. The van der Waals surface area contributed by atoms with Crippen molar-refractivity contribution in [1.82, 2.24) is 15.6 Å². The molecule has 0 spiro atoms. The van der Waals surface area contributed by atoms with E-state index in [0.29, 0.717) is 17.1 Å². The summed E-state index contributed by atoms with van der Waals surface area (Å²) in [6.07, 6.45) is 8.73. The Balaban J connectivity index is 1.38. The van der Waals surface area contributed by atoms with Gasteiger partial charge in [-0.3, -0.25) is 4.79 Å². The van der Waals surface area contributed by atoms with Crippen molar-refractivity contribution in [2.24, 2.45) is 17.8 Å². The van der Waals surface area contributed by atoms with E-state index in [0.717, 1.165) is 48.3 Å². The van der Waals surface area contributed by atoms with Crippen molar-refractivity contribution in [3.05, 3.63) is 47.7 Å². The fourth-order valence-electron chi connectivity index (χ4n) is 6.43. The normalized spacial score (nSPS) is 27.6. The van der Waals surface area contributed by atoms with E-state index in [4.69, 9.17) is 0 Å². The largest absolute Gasteiger partial charge is 0.355 e. The van der Waals surface area contributed by atoms with Gasteiger partial charge in [0.25, 0.3) is 5.91 Å². The lowest BCUT2D eigenvalue weighted by molar-refractivity contribution is -0.0127. The number of nitrogens with zero attached hydrogens (tertiary/aromatic N) is 1. The molecule has 0 atom stereocenters. The number of pyridine rings is 1. The van der Waals surface area contributed by atoms with Gasteiger partial charge in [-0.2, -0.15) is 0 Å². The van der Waals surface area contributed by atoms with Crippen molar-refractivity contribution in [2.75, 3.05) is 17.7 Å². The summed E-state index contributed by atoms with van der Waals surface area (Å²) in [5.74, 6) is 2.51.